The van der Waals surface area contributed by atoms with Crippen LogP contribution < -0.4 is 10.1 Å². The highest BCUT2D eigenvalue weighted by atomic mass is 32.1. The molecule has 0 aliphatic carbocycles. The van der Waals surface area contributed by atoms with Gasteiger partial charge in [-0.1, -0.05) is 51.1 Å². The Morgan fingerprint density at radius 1 is 1.11 bits per heavy atom. The van der Waals surface area contributed by atoms with E-state index >= 15 is 0 Å². The van der Waals surface area contributed by atoms with E-state index in [0.717, 1.165) is 29.0 Å². The minimum atomic E-state index is -0.0755. The largest absolute Gasteiger partial charge is 0.489 e. The number of benzene rings is 2. The maximum Gasteiger partial charge on any atom is 0.265 e. The summed E-state index contributed by atoms with van der Waals surface area (Å²) >= 11 is 1.44. The minimum absolute atomic E-state index is 0.0755. The number of thiophene rings is 1. The zero-order valence-corrected chi connectivity index (χ0v) is 16.8. The first-order valence-electron chi connectivity index (χ1n) is 9.26. The first kappa shape index (κ1) is 19.2. The molecule has 1 heterocycles. The third-order valence-electron chi connectivity index (χ3n) is 4.48. The number of anilines is 1. The van der Waals surface area contributed by atoms with Gasteiger partial charge in [-0.15, -0.1) is 11.3 Å². The number of para-hydroxylation sites is 1. The van der Waals surface area contributed by atoms with E-state index in [1.807, 2.05) is 47.8 Å². The van der Waals surface area contributed by atoms with Crippen LogP contribution >= 0.6 is 11.3 Å². The first-order chi connectivity index (χ1) is 13.1. The number of aryl methyl sites for hydroxylation is 1. The van der Waals surface area contributed by atoms with Crippen molar-refractivity contribution in [3.8, 4) is 5.75 Å². The van der Waals surface area contributed by atoms with Crippen molar-refractivity contribution in [2.24, 2.45) is 0 Å². The monoisotopic (exact) mass is 379 g/mol. The summed E-state index contributed by atoms with van der Waals surface area (Å²) in [7, 11) is 0. The van der Waals surface area contributed by atoms with Crippen LogP contribution in [0.25, 0.3) is 0 Å². The summed E-state index contributed by atoms with van der Waals surface area (Å²) in [6.45, 7) is 6.88. The highest BCUT2D eigenvalue weighted by molar-refractivity contribution is 7.12. The Morgan fingerprint density at radius 2 is 1.85 bits per heavy atom. The number of ether oxygens (including phenoxy) is 1. The van der Waals surface area contributed by atoms with Crippen LogP contribution in [0.2, 0.25) is 0 Å². The fourth-order valence-corrected chi connectivity index (χ4v) is 3.61. The van der Waals surface area contributed by atoms with E-state index < -0.39 is 0 Å². The molecule has 27 heavy (non-hydrogen) atoms. The molecule has 0 unspecified atom stereocenters. The lowest BCUT2D eigenvalue weighted by Gasteiger charge is -2.09. The highest BCUT2D eigenvalue weighted by Gasteiger charge is 2.11. The minimum Gasteiger partial charge on any atom is -0.489 e. The molecule has 1 amide bonds. The molecule has 0 saturated carbocycles. The number of hydrogen-bond acceptors (Lipinski definition) is 3. The number of hydrogen-bond donors (Lipinski definition) is 1. The van der Waals surface area contributed by atoms with E-state index in [2.05, 4.69) is 38.2 Å². The molecule has 0 spiro atoms. The Kier molecular flexibility index (Phi) is 6.30. The summed E-state index contributed by atoms with van der Waals surface area (Å²) in [6, 6.07) is 18.0. The van der Waals surface area contributed by atoms with Crippen LogP contribution in [-0.4, -0.2) is 5.91 Å². The standard InChI is InChI=1S/C23H25NO2S/c1-4-18-7-5-6-8-21(18)24-23(25)22-13-17(15-27-22)14-26-20-11-9-19(10-12-20)16(2)3/h5-13,15-16H,4,14H2,1-3H3,(H,24,25). The van der Waals surface area contributed by atoms with Crippen LogP contribution in [0, 0.1) is 0 Å². The van der Waals surface area contributed by atoms with Crippen LogP contribution in [-0.2, 0) is 13.0 Å². The van der Waals surface area contributed by atoms with Gasteiger partial charge in [0.2, 0.25) is 0 Å². The number of amides is 1. The molecule has 4 heteroatoms. The van der Waals surface area contributed by atoms with Crippen molar-refractivity contribution >= 4 is 22.9 Å². The molecule has 3 nitrogen and oxygen atoms in total. The lowest BCUT2D eigenvalue weighted by Crippen LogP contribution is -2.11. The van der Waals surface area contributed by atoms with E-state index in [0.29, 0.717) is 17.4 Å². The Hall–Kier alpha value is -2.59. The molecule has 3 aromatic rings. The average molecular weight is 380 g/mol. The second kappa shape index (κ2) is 8.87. The number of rotatable bonds is 7. The molecule has 0 atom stereocenters. The Balaban J connectivity index is 1.60. The molecule has 0 fully saturated rings. The van der Waals surface area contributed by atoms with Gasteiger partial charge in [0.15, 0.2) is 0 Å². The molecule has 1 aromatic heterocycles. The SMILES string of the molecule is CCc1ccccc1NC(=O)c1cc(COc2ccc(C(C)C)cc2)cs1. The lowest BCUT2D eigenvalue weighted by atomic mass is 10.0. The quantitative estimate of drug-likeness (QED) is 0.526. The second-order valence-electron chi connectivity index (χ2n) is 6.80. The molecule has 0 aliphatic heterocycles. The lowest BCUT2D eigenvalue weighted by molar-refractivity contribution is 0.103. The van der Waals surface area contributed by atoms with Gasteiger partial charge >= 0.3 is 0 Å². The average Bonchev–Trinajstić information content (AvgIpc) is 3.16. The fraction of sp³-hybridized carbons (Fsp3) is 0.261. The van der Waals surface area contributed by atoms with Crippen LogP contribution in [0.3, 0.4) is 0 Å². The zero-order chi connectivity index (χ0) is 19.2. The smallest absolute Gasteiger partial charge is 0.265 e. The molecule has 2 aromatic carbocycles. The van der Waals surface area contributed by atoms with Gasteiger partial charge in [0, 0.05) is 11.3 Å². The molecular weight excluding hydrogens is 354 g/mol. The number of nitrogens with one attached hydrogen (secondary N) is 1. The van der Waals surface area contributed by atoms with Crippen molar-refractivity contribution in [3.05, 3.63) is 81.5 Å². The van der Waals surface area contributed by atoms with Gasteiger partial charge in [-0.2, -0.15) is 0 Å². The first-order valence-corrected chi connectivity index (χ1v) is 10.1. The molecule has 1 N–H and O–H groups in total. The predicted octanol–water partition coefficient (Wildman–Crippen LogP) is 6.27. The molecule has 0 saturated heterocycles. The number of carbonyl (C=O) groups is 1. The van der Waals surface area contributed by atoms with Gasteiger partial charge in [-0.05, 0) is 53.1 Å². The Labute approximate surface area is 165 Å². The van der Waals surface area contributed by atoms with E-state index in [-0.39, 0.29) is 5.91 Å². The molecule has 0 radical (unpaired) electrons. The normalized spacial score (nSPS) is 10.8. The van der Waals surface area contributed by atoms with Gasteiger partial charge in [-0.3, -0.25) is 4.79 Å². The van der Waals surface area contributed by atoms with E-state index in [4.69, 9.17) is 4.74 Å². The summed E-state index contributed by atoms with van der Waals surface area (Å²) in [6.07, 6.45) is 0.885. The topological polar surface area (TPSA) is 38.3 Å². The van der Waals surface area contributed by atoms with Crippen molar-refractivity contribution in [2.75, 3.05) is 5.32 Å². The van der Waals surface area contributed by atoms with Gasteiger partial charge in [0.25, 0.3) is 5.91 Å². The number of carbonyl (C=O) groups excluding carboxylic acids is 1. The van der Waals surface area contributed by atoms with Crippen molar-refractivity contribution in [2.45, 2.75) is 39.7 Å². The van der Waals surface area contributed by atoms with Crippen molar-refractivity contribution in [1.82, 2.24) is 0 Å². The van der Waals surface area contributed by atoms with Gasteiger partial charge in [-0.25, -0.2) is 0 Å². The van der Waals surface area contributed by atoms with Gasteiger partial charge < -0.3 is 10.1 Å². The van der Waals surface area contributed by atoms with E-state index in [1.165, 1.54) is 16.9 Å². The molecule has 3 rings (SSSR count). The van der Waals surface area contributed by atoms with Gasteiger partial charge in [0.1, 0.15) is 12.4 Å². The van der Waals surface area contributed by atoms with Crippen LogP contribution in [0.5, 0.6) is 5.75 Å². The zero-order valence-electron chi connectivity index (χ0n) is 16.0. The third-order valence-corrected chi connectivity index (χ3v) is 5.45. The summed E-state index contributed by atoms with van der Waals surface area (Å²) in [5.41, 5.74) is 4.31. The predicted molar refractivity (Wildman–Crippen MR) is 113 cm³/mol. The maximum absolute atomic E-state index is 12.5. The third kappa shape index (κ3) is 4.98. The van der Waals surface area contributed by atoms with Crippen LogP contribution in [0.4, 0.5) is 5.69 Å². The molecule has 0 aliphatic rings. The van der Waals surface area contributed by atoms with Crippen molar-refractivity contribution in [1.29, 1.82) is 0 Å². The van der Waals surface area contributed by atoms with Crippen LogP contribution in [0.15, 0.2) is 60.0 Å². The summed E-state index contributed by atoms with van der Waals surface area (Å²) in [5.74, 6) is 1.27. The maximum atomic E-state index is 12.5. The molecular formula is C23H25NO2S. The van der Waals surface area contributed by atoms with Gasteiger partial charge in [0.05, 0.1) is 4.88 Å². The van der Waals surface area contributed by atoms with Crippen molar-refractivity contribution < 1.29 is 9.53 Å². The molecule has 0 bridgehead atoms. The molecule has 140 valence electrons. The Morgan fingerprint density at radius 3 is 2.56 bits per heavy atom. The highest BCUT2D eigenvalue weighted by Crippen LogP contribution is 2.22. The van der Waals surface area contributed by atoms with E-state index in [1.54, 1.807) is 0 Å². The summed E-state index contributed by atoms with van der Waals surface area (Å²) in [5, 5.41) is 4.99. The summed E-state index contributed by atoms with van der Waals surface area (Å²) in [4.78, 5) is 13.2. The Bertz CT molecular complexity index is 897. The van der Waals surface area contributed by atoms with E-state index in [9.17, 15) is 4.79 Å². The second-order valence-corrected chi connectivity index (χ2v) is 7.71. The fourth-order valence-electron chi connectivity index (χ4n) is 2.82. The summed E-state index contributed by atoms with van der Waals surface area (Å²) < 4.78 is 5.85. The van der Waals surface area contributed by atoms with Crippen molar-refractivity contribution in [3.63, 3.8) is 0 Å². The van der Waals surface area contributed by atoms with Crippen LogP contribution in [0.1, 0.15) is 53.1 Å².